The predicted molar refractivity (Wildman–Crippen MR) is 181 cm³/mol. The number of aromatic nitrogens is 1. The Morgan fingerprint density at radius 3 is 2.43 bits per heavy atom. The molecule has 2 atom stereocenters. The van der Waals surface area contributed by atoms with Gasteiger partial charge in [0.05, 0.1) is 19.5 Å². The van der Waals surface area contributed by atoms with Crippen LogP contribution in [0.2, 0.25) is 5.02 Å². The first-order chi connectivity index (χ1) is 24.2. The molecule has 5 rings (SSSR count). The number of alkyl halides is 3. The summed E-state index contributed by atoms with van der Waals surface area (Å²) in [6.07, 6.45) is -2.78. The quantitative estimate of drug-likeness (QED) is 0.158. The number of Topliss-reactive ketones (excluding diaryl/α,β-unsaturated/α-hetero) is 1. The topological polar surface area (TPSA) is 142 Å². The molecule has 1 aromatic heterocycles. The zero-order valence-electron chi connectivity index (χ0n) is 27.5. The summed E-state index contributed by atoms with van der Waals surface area (Å²) in [6.45, 7) is 1.62. The summed E-state index contributed by atoms with van der Waals surface area (Å²) in [4.78, 5) is 30.9. The molecule has 1 aliphatic carbocycles. The minimum Gasteiger partial charge on any atom is -0.497 e. The Morgan fingerprint density at radius 2 is 1.75 bits per heavy atom. The minimum atomic E-state index is -5.25. The number of nitrogens with zero attached hydrogens (tertiary/aromatic N) is 1. The number of aryl methyl sites for hydroxylation is 1. The van der Waals surface area contributed by atoms with Crippen molar-refractivity contribution in [2.24, 2.45) is 0 Å². The molecule has 0 saturated heterocycles. The van der Waals surface area contributed by atoms with Crippen LogP contribution in [0, 0.1) is 6.92 Å². The number of ether oxygens (including phenoxy) is 4. The predicted octanol–water partition coefficient (Wildman–Crippen LogP) is 5.94. The molecule has 270 valence electrons. The monoisotopic (exact) mass is 747 g/mol. The Morgan fingerprint density at radius 1 is 1.00 bits per heavy atom. The lowest BCUT2D eigenvalue weighted by Gasteiger charge is -2.41. The Kier molecular flexibility index (Phi) is 11.1. The van der Waals surface area contributed by atoms with Crippen LogP contribution >= 0.6 is 11.6 Å². The number of pyridine rings is 1. The molecule has 1 aliphatic rings. The first-order valence-corrected chi connectivity index (χ1v) is 17.3. The van der Waals surface area contributed by atoms with Gasteiger partial charge in [0, 0.05) is 59.8 Å². The van der Waals surface area contributed by atoms with Crippen molar-refractivity contribution >= 4 is 38.8 Å². The Bertz CT molecular complexity index is 2030. The summed E-state index contributed by atoms with van der Waals surface area (Å²) in [5.74, 6) is -2.29. The second kappa shape index (κ2) is 15.2. The van der Waals surface area contributed by atoms with Crippen molar-refractivity contribution in [1.29, 1.82) is 0 Å². The number of benzene rings is 3. The number of carbonyl (C=O) groups excluding carboxylic acids is 2. The van der Waals surface area contributed by atoms with Crippen molar-refractivity contribution < 1.29 is 50.1 Å². The molecule has 0 aliphatic heterocycles. The smallest absolute Gasteiger partial charge is 0.497 e. The number of methoxy groups -OCH3 is 2. The Balaban J connectivity index is 1.58. The van der Waals surface area contributed by atoms with Crippen LogP contribution in [0.3, 0.4) is 0 Å². The number of fused-ring (bicyclic) bond motifs is 1. The number of para-hydroxylation sites is 1. The average molecular weight is 748 g/mol. The first-order valence-electron chi connectivity index (χ1n) is 15.4. The van der Waals surface area contributed by atoms with Crippen molar-refractivity contribution in [3.8, 4) is 17.2 Å². The summed E-state index contributed by atoms with van der Waals surface area (Å²) in [7, 11) is -2.22. The lowest BCUT2D eigenvalue weighted by molar-refractivity contribution is -0.275. The highest BCUT2D eigenvalue weighted by atomic mass is 35.5. The lowest BCUT2D eigenvalue weighted by atomic mass is 9.73. The Hall–Kier alpha value is -4.86. The molecule has 2 unspecified atom stereocenters. The van der Waals surface area contributed by atoms with Crippen LogP contribution < -0.4 is 24.8 Å². The van der Waals surface area contributed by atoms with E-state index in [4.69, 9.17) is 25.8 Å². The number of amides is 1. The normalized spacial score (nSPS) is 17.3. The summed E-state index contributed by atoms with van der Waals surface area (Å²) in [5, 5.41) is 4.23. The van der Waals surface area contributed by atoms with E-state index in [2.05, 4.69) is 20.4 Å². The van der Waals surface area contributed by atoms with Gasteiger partial charge in [-0.15, -0.1) is 13.2 Å². The van der Waals surface area contributed by atoms with Gasteiger partial charge < -0.3 is 29.6 Å². The number of sulfone groups is 1. The first kappa shape index (κ1) is 37.4. The molecule has 0 bridgehead atoms. The minimum absolute atomic E-state index is 0.0123. The molecule has 16 heteroatoms. The van der Waals surface area contributed by atoms with Crippen molar-refractivity contribution in [2.45, 2.75) is 35.5 Å². The van der Waals surface area contributed by atoms with E-state index >= 15 is 0 Å². The second-order valence-electron chi connectivity index (χ2n) is 11.4. The fourth-order valence-electron chi connectivity index (χ4n) is 6.01. The maximum Gasteiger partial charge on any atom is 0.573 e. The fraction of sp³-hybridized carbons (Fsp3) is 0.286. The van der Waals surface area contributed by atoms with E-state index < -0.39 is 62.4 Å². The highest BCUT2D eigenvalue weighted by Crippen LogP contribution is 2.52. The third-order valence-corrected chi connectivity index (χ3v) is 10.6. The number of anilines is 1. The maximum atomic E-state index is 14.6. The molecule has 3 aromatic carbocycles. The number of ketones is 1. The van der Waals surface area contributed by atoms with Crippen LogP contribution in [0.15, 0.2) is 84.0 Å². The summed E-state index contributed by atoms with van der Waals surface area (Å²) >= 11 is 6.46. The van der Waals surface area contributed by atoms with E-state index in [-0.39, 0.29) is 39.8 Å². The third kappa shape index (κ3) is 7.90. The van der Waals surface area contributed by atoms with Gasteiger partial charge in [0.1, 0.15) is 23.0 Å². The van der Waals surface area contributed by atoms with Gasteiger partial charge in [-0.3, -0.25) is 14.6 Å². The molecule has 0 fully saturated rings. The number of rotatable bonds is 13. The molecule has 11 nitrogen and oxygen atoms in total. The van der Waals surface area contributed by atoms with E-state index in [9.17, 15) is 31.2 Å². The second-order valence-corrected chi connectivity index (χ2v) is 13.9. The fourth-order valence-corrected chi connectivity index (χ4v) is 8.03. The van der Waals surface area contributed by atoms with Gasteiger partial charge in [0.25, 0.3) is 0 Å². The lowest BCUT2D eigenvalue weighted by Crippen LogP contribution is -2.48. The van der Waals surface area contributed by atoms with Crippen LogP contribution in [0.5, 0.6) is 17.2 Å². The standard InChI is InChI=1S/C35H33ClF3N3O8S/c1-21-5-4-6-26(33(21)48-3)34(49-20-32(44)42-16-15-41-23-11-13-40-14-12-23)27-17-22(36)7-9-25(27)30(19-31(34)43)51(45,46)29-10-8-24(47-2)18-28(29)50-35(37,38)39/h4-14,17-18,30H,15-16,19-20H2,1-3H3,(H,40,41)(H,42,44). The zero-order chi connectivity index (χ0) is 37.0. The van der Waals surface area contributed by atoms with Crippen molar-refractivity contribution in [3.63, 3.8) is 0 Å². The van der Waals surface area contributed by atoms with Gasteiger partial charge in [-0.25, -0.2) is 8.42 Å². The summed E-state index contributed by atoms with van der Waals surface area (Å²) < 4.78 is 90.1. The molecular weight excluding hydrogens is 715 g/mol. The number of hydrogen-bond donors (Lipinski definition) is 2. The van der Waals surface area contributed by atoms with Crippen LogP contribution in [0.4, 0.5) is 18.9 Å². The zero-order valence-corrected chi connectivity index (χ0v) is 29.1. The molecule has 1 amide bonds. The van der Waals surface area contributed by atoms with Crippen LogP contribution in [0.1, 0.15) is 33.9 Å². The van der Waals surface area contributed by atoms with Gasteiger partial charge >= 0.3 is 6.36 Å². The van der Waals surface area contributed by atoms with E-state index in [1.807, 2.05) is 0 Å². The van der Waals surface area contributed by atoms with Gasteiger partial charge in [0.2, 0.25) is 5.91 Å². The maximum absolute atomic E-state index is 14.6. The van der Waals surface area contributed by atoms with E-state index in [1.165, 1.54) is 38.5 Å². The largest absolute Gasteiger partial charge is 0.573 e. The highest BCUT2D eigenvalue weighted by molar-refractivity contribution is 7.91. The SMILES string of the molecule is COc1ccc(S(=O)(=O)C2CC(=O)C(OCC(=O)NCCNc3ccncc3)(c3cccc(C)c3OC)c3cc(Cl)ccc32)c(OC(F)(F)F)c1. The van der Waals surface area contributed by atoms with Crippen molar-refractivity contribution in [1.82, 2.24) is 10.3 Å². The molecule has 0 radical (unpaired) electrons. The van der Waals surface area contributed by atoms with Crippen molar-refractivity contribution in [2.75, 3.05) is 39.2 Å². The third-order valence-electron chi connectivity index (χ3n) is 8.23. The molecule has 4 aromatic rings. The molecular formula is C35H33ClF3N3O8S. The Labute approximate surface area is 296 Å². The van der Waals surface area contributed by atoms with Crippen LogP contribution in [-0.2, 0) is 29.8 Å². The van der Waals surface area contributed by atoms with Gasteiger partial charge in [0.15, 0.2) is 27.0 Å². The van der Waals surface area contributed by atoms with E-state index in [0.29, 0.717) is 12.1 Å². The number of halogens is 4. The average Bonchev–Trinajstić information content (AvgIpc) is 3.09. The molecule has 2 N–H and O–H groups in total. The highest BCUT2D eigenvalue weighted by Gasteiger charge is 2.54. The van der Waals surface area contributed by atoms with Crippen LogP contribution in [0.25, 0.3) is 0 Å². The summed E-state index contributed by atoms with van der Waals surface area (Å²) in [6, 6.07) is 15.4. The number of hydrogen-bond acceptors (Lipinski definition) is 10. The molecule has 1 heterocycles. The van der Waals surface area contributed by atoms with Crippen molar-refractivity contribution in [3.05, 3.63) is 106 Å². The van der Waals surface area contributed by atoms with Crippen LogP contribution in [-0.4, -0.2) is 65.4 Å². The molecule has 0 saturated carbocycles. The van der Waals surface area contributed by atoms with E-state index in [0.717, 1.165) is 17.8 Å². The molecule has 51 heavy (non-hydrogen) atoms. The summed E-state index contributed by atoms with van der Waals surface area (Å²) in [5.41, 5.74) is -0.573. The molecule has 0 spiro atoms. The number of nitrogens with one attached hydrogen (secondary N) is 2. The van der Waals surface area contributed by atoms with E-state index in [1.54, 1.807) is 49.6 Å². The van der Waals surface area contributed by atoms with Gasteiger partial charge in [-0.2, -0.15) is 0 Å². The van der Waals surface area contributed by atoms with Gasteiger partial charge in [-0.1, -0.05) is 35.9 Å². The number of carbonyl (C=O) groups is 2. The van der Waals surface area contributed by atoms with Gasteiger partial charge in [-0.05, 0) is 54.4 Å².